The van der Waals surface area contributed by atoms with Crippen molar-refractivity contribution in [3.63, 3.8) is 0 Å². The van der Waals surface area contributed by atoms with Crippen molar-refractivity contribution < 1.29 is 17.9 Å². The summed E-state index contributed by atoms with van der Waals surface area (Å²) >= 11 is 5.94. The van der Waals surface area contributed by atoms with Crippen molar-refractivity contribution in [2.24, 2.45) is 0 Å². The van der Waals surface area contributed by atoms with E-state index in [4.69, 9.17) is 16.3 Å². The van der Waals surface area contributed by atoms with E-state index in [2.05, 4.69) is 5.32 Å². The Labute approximate surface area is 183 Å². The number of benzene rings is 2. The van der Waals surface area contributed by atoms with Crippen LogP contribution in [0.4, 0.5) is 11.4 Å². The topological polar surface area (TPSA) is 79.0 Å². The number of anilines is 2. The van der Waals surface area contributed by atoms with Gasteiger partial charge in [0, 0.05) is 32.2 Å². The molecule has 0 aliphatic heterocycles. The molecule has 0 heterocycles. The molecule has 0 atom stereocenters. The molecule has 0 radical (unpaired) electrons. The summed E-state index contributed by atoms with van der Waals surface area (Å²) in [7, 11) is -0.0140. The molecule has 0 aliphatic carbocycles. The van der Waals surface area contributed by atoms with Gasteiger partial charge in [0.2, 0.25) is 10.0 Å². The fourth-order valence-corrected chi connectivity index (χ4v) is 4.69. The Morgan fingerprint density at radius 2 is 1.77 bits per heavy atom. The van der Waals surface area contributed by atoms with Gasteiger partial charge in [0.25, 0.3) is 5.91 Å². The molecule has 0 saturated heterocycles. The highest BCUT2D eigenvalue weighted by atomic mass is 35.5. The Hall–Kier alpha value is -2.29. The van der Waals surface area contributed by atoms with Gasteiger partial charge < -0.3 is 15.0 Å². The lowest BCUT2D eigenvalue weighted by Crippen LogP contribution is -2.31. The van der Waals surface area contributed by atoms with E-state index in [-0.39, 0.29) is 11.5 Å². The lowest BCUT2D eigenvalue weighted by Gasteiger charge is -2.22. The number of aryl methyl sites for hydroxylation is 1. The van der Waals surface area contributed by atoms with Gasteiger partial charge in [-0.15, -0.1) is 0 Å². The number of hydrogen-bond acceptors (Lipinski definition) is 5. The second-order valence-corrected chi connectivity index (χ2v) is 9.28. The van der Waals surface area contributed by atoms with Gasteiger partial charge in [-0.25, -0.2) is 8.42 Å². The molecule has 2 aromatic carbocycles. The van der Waals surface area contributed by atoms with E-state index in [9.17, 15) is 13.2 Å². The molecular weight excluding hydrogens is 426 g/mol. The van der Waals surface area contributed by atoms with Gasteiger partial charge in [-0.05, 0) is 48.9 Å². The van der Waals surface area contributed by atoms with Crippen LogP contribution in [0.15, 0.2) is 41.3 Å². The second kappa shape index (κ2) is 10.1. The maximum atomic E-state index is 12.9. The van der Waals surface area contributed by atoms with E-state index in [0.29, 0.717) is 35.2 Å². The van der Waals surface area contributed by atoms with Crippen molar-refractivity contribution in [2.45, 2.75) is 25.7 Å². The van der Waals surface area contributed by atoms with Crippen LogP contribution in [0.25, 0.3) is 0 Å². The number of hydrogen-bond donors (Lipinski definition) is 1. The highest BCUT2D eigenvalue weighted by molar-refractivity contribution is 7.89. The summed E-state index contributed by atoms with van der Waals surface area (Å²) in [5.74, 6) is 0.157. The van der Waals surface area contributed by atoms with Gasteiger partial charge in [-0.3, -0.25) is 4.79 Å². The number of halogens is 1. The maximum Gasteiger partial charge on any atom is 0.262 e. The van der Waals surface area contributed by atoms with Crippen LogP contribution in [0.2, 0.25) is 5.02 Å². The molecule has 0 saturated carbocycles. The SMILES string of the molecule is CCN(CC)S(=O)(=O)c1ccc(N(C)C)c(NC(=O)COc2ccc(Cl)cc2C)c1. The third kappa shape index (κ3) is 5.65. The van der Waals surface area contributed by atoms with Gasteiger partial charge >= 0.3 is 0 Å². The van der Waals surface area contributed by atoms with E-state index in [1.165, 1.54) is 10.4 Å². The van der Waals surface area contributed by atoms with E-state index < -0.39 is 15.9 Å². The molecule has 0 aliphatic rings. The van der Waals surface area contributed by atoms with Crippen LogP contribution in [-0.2, 0) is 14.8 Å². The summed E-state index contributed by atoms with van der Waals surface area (Å²) in [4.78, 5) is 14.4. The van der Waals surface area contributed by atoms with E-state index in [1.54, 1.807) is 49.1 Å². The Kier molecular flexibility index (Phi) is 8.11. The zero-order valence-corrected chi connectivity index (χ0v) is 19.5. The number of nitrogens with one attached hydrogen (secondary N) is 1. The predicted molar refractivity (Wildman–Crippen MR) is 121 cm³/mol. The first kappa shape index (κ1) is 24.0. The smallest absolute Gasteiger partial charge is 0.262 e. The number of carbonyl (C=O) groups excluding carboxylic acids is 1. The molecule has 0 bridgehead atoms. The van der Waals surface area contributed by atoms with Crippen molar-refractivity contribution in [3.05, 3.63) is 47.0 Å². The van der Waals surface area contributed by atoms with Crippen molar-refractivity contribution in [1.82, 2.24) is 4.31 Å². The molecule has 2 aromatic rings. The van der Waals surface area contributed by atoms with Gasteiger partial charge in [0.05, 0.1) is 16.3 Å². The van der Waals surface area contributed by atoms with Gasteiger partial charge in [0.15, 0.2) is 6.61 Å². The van der Waals surface area contributed by atoms with Crippen LogP contribution in [0.3, 0.4) is 0 Å². The molecule has 1 N–H and O–H groups in total. The van der Waals surface area contributed by atoms with Crippen molar-refractivity contribution in [3.8, 4) is 5.75 Å². The molecule has 9 heteroatoms. The molecule has 164 valence electrons. The number of nitrogens with zero attached hydrogens (tertiary/aromatic N) is 2. The third-order valence-electron chi connectivity index (χ3n) is 4.56. The second-order valence-electron chi connectivity index (χ2n) is 6.91. The number of rotatable bonds is 9. The summed E-state index contributed by atoms with van der Waals surface area (Å²) < 4.78 is 32.7. The molecule has 30 heavy (non-hydrogen) atoms. The lowest BCUT2D eigenvalue weighted by atomic mass is 10.2. The fraction of sp³-hybridized carbons (Fsp3) is 0.381. The first-order chi connectivity index (χ1) is 14.1. The summed E-state index contributed by atoms with van der Waals surface area (Å²) in [5, 5.41) is 3.35. The molecule has 7 nitrogen and oxygen atoms in total. The summed E-state index contributed by atoms with van der Waals surface area (Å²) in [6.07, 6.45) is 0. The van der Waals surface area contributed by atoms with Gasteiger partial charge in [-0.1, -0.05) is 25.4 Å². The number of sulfonamides is 1. The Morgan fingerprint density at radius 3 is 2.33 bits per heavy atom. The Bertz CT molecular complexity index is 1010. The van der Waals surface area contributed by atoms with Crippen LogP contribution < -0.4 is 15.0 Å². The summed E-state index contributed by atoms with van der Waals surface area (Å²) in [6, 6.07) is 9.85. The minimum atomic E-state index is -3.65. The van der Waals surface area contributed by atoms with Crippen molar-refractivity contribution in [1.29, 1.82) is 0 Å². The molecular formula is C21H28ClN3O4S. The zero-order valence-electron chi connectivity index (χ0n) is 17.9. The normalized spacial score (nSPS) is 11.4. The lowest BCUT2D eigenvalue weighted by molar-refractivity contribution is -0.118. The monoisotopic (exact) mass is 453 g/mol. The highest BCUT2D eigenvalue weighted by Crippen LogP contribution is 2.29. The van der Waals surface area contributed by atoms with Crippen molar-refractivity contribution >= 4 is 38.9 Å². The number of carbonyl (C=O) groups is 1. The van der Waals surface area contributed by atoms with Crippen LogP contribution in [-0.4, -0.2) is 52.4 Å². The minimum Gasteiger partial charge on any atom is -0.483 e. The number of amides is 1. The average Bonchev–Trinajstić information content (AvgIpc) is 2.67. The summed E-state index contributed by atoms with van der Waals surface area (Å²) in [6.45, 7) is 5.92. The van der Waals surface area contributed by atoms with Crippen molar-refractivity contribution in [2.75, 3.05) is 44.0 Å². The van der Waals surface area contributed by atoms with E-state index in [0.717, 1.165) is 5.56 Å². The molecule has 1 amide bonds. The average molecular weight is 454 g/mol. The molecule has 0 aromatic heterocycles. The molecule has 0 spiro atoms. The summed E-state index contributed by atoms with van der Waals surface area (Å²) in [5.41, 5.74) is 1.90. The minimum absolute atomic E-state index is 0.126. The Balaban J connectivity index is 2.25. The van der Waals surface area contributed by atoms with E-state index >= 15 is 0 Å². The highest BCUT2D eigenvalue weighted by Gasteiger charge is 2.23. The molecule has 2 rings (SSSR count). The fourth-order valence-electron chi connectivity index (χ4n) is 2.98. The van der Waals surface area contributed by atoms with Crippen LogP contribution >= 0.6 is 11.6 Å². The largest absolute Gasteiger partial charge is 0.483 e. The molecule has 0 fully saturated rings. The quantitative estimate of drug-likeness (QED) is 0.625. The maximum absolute atomic E-state index is 12.9. The van der Waals surface area contributed by atoms with E-state index in [1.807, 2.05) is 21.0 Å². The van der Waals surface area contributed by atoms with Crippen LogP contribution in [0.5, 0.6) is 5.75 Å². The van der Waals surface area contributed by atoms with Gasteiger partial charge in [-0.2, -0.15) is 4.31 Å². The third-order valence-corrected chi connectivity index (χ3v) is 6.84. The Morgan fingerprint density at radius 1 is 1.10 bits per heavy atom. The first-order valence-electron chi connectivity index (χ1n) is 9.60. The van der Waals surface area contributed by atoms with Gasteiger partial charge in [0.1, 0.15) is 5.75 Å². The number of ether oxygens (including phenoxy) is 1. The van der Waals surface area contributed by atoms with Crippen LogP contribution in [0.1, 0.15) is 19.4 Å². The first-order valence-corrected chi connectivity index (χ1v) is 11.4. The van der Waals surface area contributed by atoms with Crippen LogP contribution in [0, 0.1) is 6.92 Å². The zero-order chi connectivity index (χ0) is 22.5. The molecule has 0 unspecified atom stereocenters. The standard InChI is InChI=1S/C21H28ClN3O4S/c1-6-25(7-2)30(27,28)17-9-10-19(24(4)5)18(13-17)23-21(26)14-29-20-11-8-16(22)12-15(20)3/h8-13H,6-7,14H2,1-5H3,(H,23,26). The predicted octanol–water partition coefficient (Wildman–Crippen LogP) is 3.76.